The molecule has 0 radical (unpaired) electrons. The van der Waals surface area contributed by atoms with Crippen LogP contribution in [0, 0.1) is 13.8 Å². The standard InChI is InChI=1S/C14H22N4O/c1-9-6-10(2)16-13(15-9)17-11-7-12(19)18(8-11)14(3,4)5/h6,11H,7-8H2,1-5H3,(H,15,16,17)/t11-/m1/s1. The topological polar surface area (TPSA) is 58.1 Å². The van der Waals surface area contributed by atoms with E-state index < -0.39 is 0 Å². The van der Waals surface area contributed by atoms with Crippen molar-refractivity contribution in [1.29, 1.82) is 0 Å². The number of likely N-dealkylation sites (tertiary alicyclic amines) is 1. The minimum atomic E-state index is -0.128. The molecule has 2 heterocycles. The highest BCUT2D eigenvalue weighted by Gasteiger charge is 2.36. The molecule has 0 aliphatic carbocycles. The zero-order chi connectivity index (χ0) is 14.2. The Morgan fingerprint density at radius 2 is 1.84 bits per heavy atom. The van der Waals surface area contributed by atoms with Gasteiger partial charge in [0.1, 0.15) is 0 Å². The Morgan fingerprint density at radius 1 is 1.26 bits per heavy atom. The van der Waals surface area contributed by atoms with Crippen LogP contribution in [-0.2, 0) is 4.79 Å². The fourth-order valence-corrected chi connectivity index (χ4v) is 2.43. The third-order valence-electron chi connectivity index (χ3n) is 3.25. The lowest BCUT2D eigenvalue weighted by molar-refractivity contribution is -0.131. The molecule has 0 saturated carbocycles. The third kappa shape index (κ3) is 3.22. The third-order valence-corrected chi connectivity index (χ3v) is 3.25. The first-order chi connectivity index (χ1) is 8.75. The van der Waals surface area contributed by atoms with Gasteiger partial charge in [-0.05, 0) is 40.7 Å². The van der Waals surface area contributed by atoms with Crippen LogP contribution in [-0.4, -0.2) is 38.9 Å². The van der Waals surface area contributed by atoms with Gasteiger partial charge in [-0.3, -0.25) is 4.79 Å². The number of carbonyl (C=O) groups excluding carboxylic acids is 1. The van der Waals surface area contributed by atoms with Crippen LogP contribution in [0.5, 0.6) is 0 Å². The molecule has 2 rings (SSSR count). The Bertz CT molecular complexity index is 472. The van der Waals surface area contributed by atoms with Gasteiger partial charge in [-0.1, -0.05) is 0 Å². The molecule has 5 nitrogen and oxygen atoms in total. The number of aromatic nitrogens is 2. The van der Waals surface area contributed by atoms with E-state index in [-0.39, 0.29) is 17.5 Å². The molecule has 104 valence electrons. The van der Waals surface area contributed by atoms with E-state index in [9.17, 15) is 4.79 Å². The molecule has 1 N–H and O–H groups in total. The summed E-state index contributed by atoms with van der Waals surface area (Å²) >= 11 is 0. The van der Waals surface area contributed by atoms with Crippen molar-refractivity contribution in [3.8, 4) is 0 Å². The summed E-state index contributed by atoms with van der Waals surface area (Å²) in [6, 6.07) is 2.03. The zero-order valence-electron chi connectivity index (χ0n) is 12.3. The van der Waals surface area contributed by atoms with Crippen LogP contribution in [0.1, 0.15) is 38.6 Å². The van der Waals surface area contributed by atoms with Crippen molar-refractivity contribution in [2.24, 2.45) is 0 Å². The first kappa shape index (κ1) is 13.8. The van der Waals surface area contributed by atoms with Crippen molar-refractivity contribution >= 4 is 11.9 Å². The molecule has 1 saturated heterocycles. The number of carbonyl (C=O) groups is 1. The molecule has 1 aromatic heterocycles. The van der Waals surface area contributed by atoms with Gasteiger partial charge >= 0.3 is 0 Å². The molecule has 1 atom stereocenters. The van der Waals surface area contributed by atoms with Gasteiger partial charge in [-0.2, -0.15) is 0 Å². The maximum absolute atomic E-state index is 12.0. The second-order valence-electron chi connectivity index (χ2n) is 6.19. The average Bonchev–Trinajstić information content (AvgIpc) is 2.57. The van der Waals surface area contributed by atoms with Crippen molar-refractivity contribution in [2.75, 3.05) is 11.9 Å². The van der Waals surface area contributed by atoms with Crippen molar-refractivity contribution in [1.82, 2.24) is 14.9 Å². The van der Waals surface area contributed by atoms with E-state index in [4.69, 9.17) is 0 Å². The molecular formula is C14H22N4O. The van der Waals surface area contributed by atoms with Crippen LogP contribution in [0.15, 0.2) is 6.07 Å². The fourth-order valence-electron chi connectivity index (χ4n) is 2.43. The first-order valence-electron chi connectivity index (χ1n) is 6.65. The van der Waals surface area contributed by atoms with Crippen molar-refractivity contribution < 1.29 is 4.79 Å². The highest BCUT2D eigenvalue weighted by Crippen LogP contribution is 2.23. The summed E-state index contributed by atoms with van der Waals surface area (Å²) in [5.41, 5.74) is 1.75. The van der Waals surface area contributed by atoms with Crippen LogP contribution in [0.4, 0.5) is 5.95 Å². The van der Waals surface area contributed by atoms with Crippen LogP contribution in [0.3, 0.4) is 0 Å². The summed E-state index contributed by atoms with van der Waals surface area (Å²) in [4.78, 5) is 22.6. The molecule has 1 aliphatic rings. The van der Waals surface area contributed by atoms with E-state index in [0.717, 1.165) is 11.4 Å². The Balaban J connectivity index is 2.07. The normalized spacial score (nSPS) is 19.9. The number of hydrogen-bond acceptors (Lipinski definition) is 4. The van der Waals surface area contributed by atoms with Crippen molar-refractivity contribution in [3.63, 3.8) is 0 Å². The predicted molar refractivity (Wildman–Crippen MR) is 75.0 cm³/mol. The fraction of sp³-hybridized carbons (Fsp3) is 0.643. The van der Waals surface area contributed by atoms with Crippen LogP contribution in [0.25, 0.3) is 0 Å². The Morgan fingerprint density at radius 3 is 2.32 bits per heavy atom. The number of nitrogens with zero attached hydrogens (tertiary/aromatic N) is 3. The molecule has 1 aromatic rings. The molecule has 0 spiro atoms. The maximum atomic E-state index is 12.0. The van der Waals surface area contributed by atoms with E-state index >= 15 is 0 Å². The van der Waals surface area contributed by atoms with E-state index in [2.05, 4.69) is 36.1 Å². The van der Waals surface area contributed by atoms with Gasteiger partial charge in [0.05, 0.1) is 6.04 Å². The van der Waals surface area contributed by atoms with E-state index in [1.807, 2.05) is 24.8 Å². The number of nitrogens with one attached hydrogen (secondary N) is 1. The summed E-state index contributed by atoms with van der Waals surface area (Å²) < 4.78 is 0. The quantitative estimate of drug-likeness (QED) is 0.884. The van der Waals surface area contributed by atoms with Crippen LogP contribution >= 0.6 is 0 Å². The second-order valence-corrected chi connectivity index (χ2v) is 6.19. The van der Waals surface area contributed by atoms with E-state index in [1.165, 1.54) is 0 Å². The molecule has 0 bridgehead atoms. The van der Waals surface area contributed by atoms with Crippen LogP contribution in [0.2, 0.25) is 0 Å². The molecule has 1 amide bonds. The maximum Gasteiger partial charge on any atom is 0.225 e. The Hall–Kier alpha value is -1.65. The first-order valence-corrected chi connectivity index (χ1v) is 6.65. The molecule has 0 unspecified atom stereocenters. The molecule has 1 fully saturated rings. The summed E-state index contributed by atoms with van der Waals surface area (Å²) in [6.07, 6.45) is 0.508. The van der Waals surface area contributed by atoms with Gasteiger partial charge in [0.2, 0.25) is 11.9 Å². The highest BCUT2D eigenvalue weighted by molar-refractivity contribution is 5.80. The summed E-state index contributed by atoms with van der Waals surface area (Å²) in [5.74, 6) is 0.806. The zero-order valence-corrected chi connectivity index (χ0v) is 12.3. The number of rotatable bonds is 2. The van der Waals surface area contributed by atoms with Gasteiger partial charge in [0.15, 0.2) is 0 Å². The number of aryl methyl sites for hydroxylation is 2. The van der Waals surface area contributed by atoms with Gasteiger partial charge in [0.25, 0.3) is 0 Å². The highest BCUT2D eigenvalue weighted by atomic mass is 16.2. The van der Waals surface area contributed by atoms with Crippen molar-refractivity contribution in [3.05, 3.63) is 17.5 Å². The van der Waals surface area contributed by atoms with Crippen molar-refractivity contribution in [2.45, 2.75) is 52.6 Å². The Kier molecular flexibility index (Phi) is 3.47. The summed E-state index contributed by atoms with van der Waals surface area (Å²) in [5, 5.41) is 3.27. The number of anilines is 1. The predicted octanol–water partition coefficient (Wildman–Crippen LogP) is 1.90. The summed E-state index contributed by atoms with van der Waals surface area (Å²) in [6.45, 7) is 10.8. The lowest BCUT2D eigenvalue weighted by Crippen LogP contribution is -2.43. The number of amides is 1. The monoisotopic (exact) mass is 262 g/mol. The molecule has 19 heavy (non-hydrogen) atoms. The van der Waals surface area contributed by atoms with Crippen LogP contribution < -0.4 is 5.32 Å². The van der Waals surface area contributed by atoms with Gasteiger partial charge in [-0.15, -0.1) is 0 Å². The minimum Gasteiger partial charge on any atom is -0.349 e. The lowest BCUT2D eigenvalue weighted by atomic mass is 10.1. The van der Waals surface area contributed by atoms with E-state index in [0.29, 0.717) is 18.9 Å². The molecule has 1 aliphatic heterocycles. The molecule has 0 aromatic carbocycles. The second kappa shape index (κ2) is 4.79. The minimum absolute atomic E-state index is 0.0907. The lowest BCUT2D eigenvalue weighted by Gasteiger charge is -2.32. The van der Waals surface area contributed by atoms with Gasteiger partial charge in [0, 0.05) is 29.9 Å². The number of hydrogen-bond donors (Lipinski definition) is 1. The average molecular weight is 262 g/mol. The summed E-state index contributed by atoms with van der Waals surface area (Å²) in [7, 11) is 0. The SMILES string of the molecule is Cc1cc(C)nc(N[C@@H]2CC(=O)N(C(C)(C)C)C2)n1. The van der Waals surface area contributed by atoms with Gasteiger partial charge in [-0.25, -0.2) is 9.97 Å². The molecule has 5 heteroatoms. The van der Waals surface area contributed by atoms with E-state index in [1.54, 1.807) is 0 Å². The Labute approximate surface area is 114 Å². The molecular weight excluding hydrogens is 240 g/mol. The smallest absolute Gasteiger partial charge is 0.225 e. The largest absolute Gasteiger partial charge is 0.349 e. The van der Waals surface area contributed by atoms with Gasteiger partial charge < -0.3 is 10.2 Å².